The summed E-state index contributed by atoms with van der Waals surface area (Å²) in [5.74, 6) is -0.896. The molecule has 0 aliphatic heterocycles. The number of Topliss-reactive ketones (excluding diaryl/α,β-unsaturated/α-hetero) is 1. The third-order valence-corrected chi connectivity index (χ3v) is 3.18. The Morgan fingerprint density at radius 2 is 1.91 bits per heavy atom. The number of amides is 2. The Kier molecular flexibility index (Phi) is 6.10. The summed E-state index contributed by atoms with van der Waals surface area (Å²) in [6.07, 6.45) is 0.704. The van der Waals surface area contributed by atoms with Crippen molar-refractivity contribution in [3.8, 4) is 0 Å². The number of benzene rings is 1. The Morgan fingerprint density at radius 3 is 2.50 bits per heavy atom. The molecular formula is C16H22N2O4. The summed E-state index contributed by atoms with van der Waals surface area (Å²) >= 11 is 0. The number of aliphatic carboxylic acids is 1. The quantitative estimate of drug-likeness (QED) is 0.675. The minimum atomic E-state index is -0.902. The van der Waals surface area contributed by atoms with Gasteiger partial charge in [0.2, 0.25) is 0 Å². The highest BCUT2D eigenvalue weighted by Crippen LogP contribution is 2.14. The van der Waals surface area contributed by atoms with Crippen LogP contribution in [0.15, 0.2) is 24.3 Å². The van der Waals surface area contributed by atoms with Crippen molar-refractivity contribution >= 4 is 23.5 Å². The summed E-state index contributed by atoms with van der Waals surface area (Å²) in [5, 5.41) is 14.1. The van der Waals surface area contributed by atoms with Crippen molar-refractivity contribution in [1.82, 2.24) is 5.32 Å². The Labute approximate surface area is 129 Å². The van der Waals surface area contributed by atoms with Crippen LogP contribution >= 0.6 is 0 Å². The van der Waals surface area contributed by atoms with Crippen molar-refractivity contribution in [3.05, 3.63) is 29.8 Å². The van der Waals surface area contributed by atoms with Gasteiger partial charge in [-0.3, -0.25) is 9.59 Å². The topological polar surface area (TPSA) is 95.5 Å². The van der Waals surface area contributed by atoms with Gasteiger partial charge in [0.05, 0.1) is 0 Å². The van der Waals surface area contributed by atoms with Gasteiger partial charge in [0.15, 0.2) is 5.78 Å². The Balaban J connectivity index is 2.65. The second kappa shape index (κ2) is 7.59. The zero-order chi connectivity index (χ0) is 16.8. The first-order valence-electron chi connectivity index (χ1n) is 7.18. The molecule has 0 saturated heterocycles. The molecule has 0 radical (unpaired) electrons. The number of carbonyl (C=O) groups is 3. The molecule has 1 rings (SSSR count). The molecule has 6 heteroatoms. The summed E-state index contributed by atoms with van der Waals surface area (Å²) in [4.78, 5) is 34.2. The van der Waals surface area contributed by atoms with Crippen LogP contribution in [0.25, 0.3) is 0 Å². The molecule has 1 aromatic rings. The second-order valence-corrected chi connectivity index (χ2v) is 5.71. The number of hydrogen-bond donors (Lipinski definition) is 3. The van der Waals surface area contributed by atoms with E-state index in [1.807, 2.05) is 0 Å². The molecule has 0 bridgehead atoms. The zero-order valence-corrected chi connectivity index (χ0v) is 13.1. The van der Waals surface area contributed by atoms with Gasteiger partial charge < -0.3 is 15.7 Å². The van der Waals surface area contributed by atoms with Crippen LogP contribution in [-0.4, -0.2) is 28.4 Å². The molecule has 6 nitrogen and oxygen atoms in total. The molecular weight excluding hydrogens is 284 g/mol. The molecule has 0 aromatic heterocycles. The number of carboxylic acid groups (broad SMARTS) is 1. The summed E-state index contributed by atoms with van der Waals surface area (Å²) in [6, 6.07) is 6.28. The predicted octanol–water partition coefficient (Wildman–Crippen LogP) is 3.04. The minimum absolute atomic E-state index is 0.00541. The third kappa shape index (κ3) is 5.95. The second-order valence-electron chi connectivity index (χ2n) is 5.71. The van der Waals surface area contributed by atoms with Crippen LogP contribution < -0.4 is 10.6 Å². The van der Waals surface area contributed by atoms with Gasteiger partial charge in [-0.2, -0.15) is 0 Å². The Hall–Kier alpha value is -2.37. The predicted molar refractivity (Wildman–Crippen MR) is 84.2 cm³/mol. The van der Waals surface area contributed by atoms with E-state index in [-0.39, 0.29) is 12.2 Å². The van der Waals surface area contributed by atoms with E-state index in [4.69, 9.17) is 5.11 Å². The third-order valence-electron chi connectivity index (χ3n) is 3.18. The maximum atomic E-state index is 12.0. The van der Waals surface area contributed by atoms with E-state index in [2.05, 4.69) is 10.6 Å². The molecule has 0 fully saturated rings. The van der Waals surface area contributed by atoms with E-state index in [0.29, 0.717) is 24.1 Å². The largest absolute Gasteiger partial charge is 0.481 e. The van der Waals surface area contributed by atoms with E-state index in [0.717, 1.165) is 0 Å². The SMILES string of the molecule is CCC(=O)c1cccc(NC(=O)NC(C)(C)CCC(=O)O)c1. The van der Waals surface area contributed by atoms with Crippen LogP contribution in [0.5, 0.6) is 0 Å². The summed E-state index contributed by atoms with van der Waals surface area (Å²) in [6.45, 7) is 5.29. The Bertz CT molecular complexity index is 567. The lowest BCUT2D eigenvalue weighted by Gasteiger charge is -2.25. The smallest absolute Gasteiger partial charge is 0.319 e. The number of carboxylic acids is 1. The molecule has 0 heterocycles. The number of hydrogen-bond acceptors (Lipinski definition) is 3. The first-order valence-corrected chi connectivity index (χ1v) is 7.18. The van der Waals surface area contributed by atoms with Gasteiger partial charge in [0.25, 0.3) is 0 Å². The number of ketones is 1. The lowest BCUT2D eigenvalue weighted by Crippen LogP contribution is -2.45. The van der Waals surface area contributed by atoms with Crippen LogP contribution in [0.2, 0.25) is 0 Å². The van der Waals surface area contributed by atoms with E-state index >= 15 is 0 Å². The fourth-order valence-electron chi connectivity index (χ4n) is 1.93. The lowest BCUT2D eigenvalue weighted by molar-refractivity contribution is -0.137. The molecule has 0 atom stereocenters. The van der Waals surface area contributed by atoms with Gasteiger partial charge >= 0.3 is 12.0 Å². The van der Waals surface area contributed by atoms with Crippen LogP contribution in [0.3, 0.4) is 0 Å². The van der Waals surface area contributed by atoms with Crippen molar-refractivity contribution in [3.63, 3.8) is 0 Å². The van der Waals surface area contributed by atoms with Crippen LogP contribution in [0.1, 0.15) is 50.4 Å². The standard InChI is InChI=1S/C16H22N2O4/c1-4-13(19)11-6-5-7-12(10-11)17-15(22)18-16(2,3)9-8-14(20)21/h5-7,10H,4,8-9H2,1-3H3,(H,20,21)(H2,17,18,22). The van der Waals surface area contributed by atoms with E-state index in [9.17, 15) is 14.4 Å². The highest BCUT2D eigenvalue weighted by atomic mass is 16.4. The zero-order valence-electron chi connectivity index (χ0n) is 13.1. The van der Waals surface area contributed by atoms with Gasteiger partial charge in [0.1, 0.15) is 0 Å². The highest BCUT2D eigenvalue weighted by Gasteiger charge is 2.21. The van der Waals surface area contributed by atoms with Crippen LogP contribution in [0, 0.1) is 0 Å². The number of anilines is 1. The van der Waals surface area contributed by atoms with Gasteiger partial charge in [-0.15, -0.1) is 0 Å². The maximum Gasteiger partial charge on any atom is 0.319 e. The van der Waals surface area contributed by atoms with Crippen molar-refractivity contribution < 1.29 is 19.5 Å². The number of urea groups is 1. The first kappa shape index (κ1) is 17.7. The molecule has 0 aliphatic rings. The molecule has 120 valence electrons. The van der Waals surface area contributed by atoms with E-state index in [1.54, 1.807) is 45.0 Å². The maximum absolute atomic E-state index is 12.0. The van der Waals surface area contributed by atoms with Gasteiger partial charge in [-0.05, 0) is 32.4 Å². The molecule has 0 aliphatic carbocycles. The summed E-state index contributed by atoms with van der Waals surface area (Å²) in [5.41, 5.74) is 0.426. The number of rotatable bonds is 7. The fourth-order valence-corrected chi connectivity index (χ4v) is 1.93. The molecule has 22 heavy (non-hydrogen) atoms. The molecule has 1 aromatic carbocycles. The number of carbonyl (C=O) groups excluding carboxylic acids is 2. The molecule has 3 N–H and O–H groups in total. The first-order chi connectivity index (χ1) is 10.2. The average molecular weight is 306 g/mol. The molecule has 0 spiro atoms. The van der Waals surface area contributed by atoms with Gasteiger partial charge in [-0.1, -0.05) is 19.1 Å². The van der Waals surface area contributed by atoms with Gasteiger partial charge in [0, 0.05) is 29.6 Å². The lowest BCUT2D eigenvalue weighted by atomic mass is 9.99. The van der Waals surface area contributed by atoms with Crippen molar-refractivity contribution in [2.24, 2.45) is 0 Å². The molecule has 0 saturated carbocycles. The van der Waals surface area contributed by atoms with Crippen molar-refractivity contribution in [2.45, 2.75) is 45.6 Å². The van der Waals surface area contributed by atoms with Gasteiger partial charge in [-0.25, -0.2) is 4.79 Å². The average Bonchev–Trinajstić information content (AvgIpc) is 2.44. The Morgan fingerprint density at radius 1 is 1.23 bits per heavy atom. The summed E-state index contributed by atoms with van der Waals surface area (Å²) < 4.78 is 0. The fraction of sp³-hybridized carbons (Fsp3) is 0.438. The van der Waals surface area contributed by atoms with Crippen LogP contribution in [0.4, 0.5) is 10.5 Å². The van der Waals surface area contributed by atoms with Crippen LogP contribution in [-0.2, 0) is 4.79 Å². The normalized spacial score (nSPS) is 10.9. The highest BCUT2D eigenvalue weighted by molar-refractivity contribution is 5.98. The number of nitrogens with one attached hydrogen (secondary N) is 2. The van der Waals surface area contributed by atoms with Crippen molar-refractivity contribution in [1.29, 1.82) is 0 Å². The minimum Gasteiger partial charge on any atom is -0.481 e. The summed E-state index contributed by atoms with van der Waals surface area (Å²) in [7, 11) is 0. The monoisotopic (exact) mass is 306 g/mol. The van der Waals surface area contributed by atoms with E-state index < -0.39 is 17.5 Å². The molecule has 2 amide bonds. The molecule has 0 unspecified atom stereocenters. The van der Waals surface area contributed by atoms with Crippen molar-refractivity contribution in [2.75, 3.05) is 5.32 Å². The van der Waals surface area contributed by atoms with E-state index in [1.165, 1.54) is 0 Å².